The number of hydrogen-bond donors (Lipinski definition) is 2. The number of hydrogen-bond acceptors (Lipinski definition) is 6. The molecular formula is C22H15F4N3O5. The molecule has 12 heteroatoms. The molecule has 0 saturated carbocycles. The summed E-state index contributed by atoms with van der Waals surface area (Å²) in [5, 5.41) is 11.5. The lowest BCUT2D eigenvalue weighted by Gasteiger charge is -2.32. The average Bonchev–Trinajstić information content (AvgIpc) is 3.13. The van der Waals surface area contributed by atoms with E-state index in [4.69, 9.17) is 0 Å². The van der Waals surface area contributed by atoms with Crippen LogP contribution in [0, 0.1) is 11.6 Å². The molecular weight excluding hydrogens is 462 g/mol. The van der Waals surface area contributed by atoms with Gasteiger partial charge in [0.25, 0.3) is 0 Å². The molecule has 4 rings (SSSR count). The number of halogens is 4. The monoisotopic (exact) mass is 477 g/mol. The van der Waals surface area contributed by atoms with Crippen LogP contribution in [0.2, 0.25) is 0 Å². The Hall–Kier alpha value is -4.22. The molecule has 0 radical (unpaired) electrons. The second-order valence-corrected chi connectivity index (χ2v) is 7.35. The van der Waals surface area contributed by atoms with Crippen molar-refractivity contribution in [2.75, 3.05) is 17.3 Å². The summed E-state index contributed by atoms with van der Waals surface area (Å²) in [6.45, 7) is 0. The van der Waals surface area contributed by atoms with Gasteiger partial charge in [-0.05, 0) is 23.8 Å². The number of Topliss-reactive ketones (excluding diaryl/α,β-unsaturated/α-hetero) is 1. The molecule has 2 aliphatic rings. The quantitative estimate of drug-likeness (QED) is 0.360. The molecule has 0 aliphatic carbocycles. The van der Waals surface area contributed by atoms with E-state index in [0.717, 1.165) is 31.7 Å². The largest absolute Gasteiger partial charge is 0.494 e. The second-order valence-electron chi connectivity index (χ2n) is 7.35. The summed E-state index contributed by atoms with van der Waals surface area (Å²) in [7, 11) is 1.05. The molecule has 0 fully saturated rings. The summed E-state index contributed by atoms with van der Waals surface area (Å²) in [6, 6.07) is -0.420. The number of aliphatic carboxylic acids is 1. The van der Waals surface area contributed by atoms with Gasteiger partial charge in [0.2, 0.25) is 12.2 Å². The molecule has 1 unspecified atom stereocenters. The summed E-state index contributed by atoms with van der Waals surface area (Å²) < 4.78 is 65.2. The Morgan fingerprint density at radius 1 is 1.26 bits per heavy atom. The fourth-order valence-electron chi connectivity index (χ4n) is 4.13. The fraction of sp³-hybridized carbons (Fsp3) is 0.182. The zero-order chi connectivity index (χ0) is 24.8. The highest BCUT2D eigenvalue weighted by Crippen LogP contribution is 2.55. The number of carboxylic acid groups (broad SMARTS) is 1. The van der Waals surface area contributed by atoms with Crippen molar-refractivity contribution < 1.29 is 41.8 Å². The molecule has 8 nitrogen and oxygen atoms in total. The van der Waals surface area contributed by atoms with Crippen LogP contribution in [0.3, 0.4) is 0 Å². The Balaban J connectivity index is 1.98. The van der Waals surface area contributed by atoms with Crippen molar-refractivity contribution in [1.29, 1.82) is 0 Å². The first kappa shape index (κ1) is 23.0. The van der Waals surface area contributed by atoms with Crippen molar-refractivity contribution in [3.05, 3.63) is 64.5 Å². The number of rotatable bonds is 7. The zero-order valence-electron chi connectivity index (χ0n) is 17.3. The van der Waals surface area contributed by atoms with Crippen LogP contribution in [0.25, 0.3) is 0 Å². The smallest absolute Gasteiger partial charge is 0.359 e. The Bertz CT molecular complexity index is 1290. The Labute approximate surface area is 189 Å². The minimum Gasteiger partial charge on any atom is -0.494 e. The number of ketones is 1. The Kier molecular flexibility index (Phi) is 5.59. The number of amides is 1. The molecule has 0 saturated heterocycles. The second kappa shape index (κ2) is 8.28. The number of aliphatic imine (C=N–C) groups is 1. The Morgan fingerprint density at radius 2 is 2.00 bits per heavy atom. The van der Waals surface area contributed by atoms with Gasteiger partial charge in [-0.2, -0.15) is 13.2 Å². The SMILES string of the molecule is COc1ccc(C(F)(F)N2C3=CN=CC(=O)C3c3c2ccc(CC(=O)O)c3NC=O)c(F)c1F. The average molecular weight is 477 g/mol. The highest BCUT2D eigenvalue weighted by Gasteiger charge is 2.53. The molecule has 2 aliphatic heterocycles. The predicted molar refractivity (Wildman–Crippen MR) is 111 cm³/mol. The van der Waals surface area contributed by atoms with Crippen LogP contribution in [0.15, 0.2) is 41.2 Å². The highest BCUT2D eigenvalue weighted by atomic mass is 19.3. The minimum atomic E-state index is -4.23. The van der Waals surface area contributed by atoms with Gasteiger partial charge in [0.15, 0.2) is 17.3 Å². The van der Waals surface area contributed by atoms with Crippen molar-refractivity contribution in [3.63, 3.8) is 0 Å². The lowest BCUT2D eigenvalue weighted by Crippen LogP contribution is -2.39. The summed E-state index contributed by atoms with van der Waals surface area (Å²) >= 11 is 0. The molecule has 176 valence electrons. The van der Waals surface area contributed by atoms with Crippen molar-refractivity contribution in [1.82, 2.24) is 0 Å². The van der Waals surface area contributed by atoms with E-state index in [2.05, 4.69) is 15.0 Å². The molecule has 2 aromatic carbocycles. The van der Waals surface area contributed by atoms with Crippen LogP contribution < -0.4 is 15.0 Å². The van der Waals surface area contributed by atoms with E-state index in [1.54, 1.807) is 0 Å². The first-order valence-corrected chi connectivity index (χ1v) is 9.68. The van der Waals surface area contributed by atoms with E-state index in [-0.39, 0.29) is 34.6 Å². The number of benzene rings is 2. The van der Waals surface area contributed by atoms with Crippen molar-refractivity contribution in [3.8, 4) is 5.75 Å². The van der Waals surface area contributed by atoms with Crippen LogP contribution in [0.5, 0.6) is 5.75 Å². The molecule has 0 spiro atoms. The lowest BCUT2D eigenvalue weighted by molar-refractivity contribution is -0.136. The van der Waals surface area contributed by atoms with Crippen LogP contribution in [0.4, 0.5) is 28.9 Å². The van der Waals surface area contributed by atoms with E-state index in [1.165, 1.54) is 6.07 Å². The molecule has 2 N–H and O–H groups in total. The van der Waals surface area contributed by atoms with E-state index in [0.29, 0.717) is 11.0 Å². The molecule has 0 aromatic heterocycles. The predicted octanol–water partition coefficient (Wildman–Crippen LogP) is 3.32. The Morgan fingerprint density at radius 3 is 2.65 bits per heavy atom. The minimum absolute atomic E-state index is 0.0554. The maximum absolute atomic E-state index is 15.8. The summed E-state index contributed by atoms with van der Waals surface area (Å²) in [6.07, 6.45) is 1.50. The third kappa shape index (κ3) is 3.38. The number of ether oxygens (including phenoxy) is 1. The number of carboxylic acids is 1. The van der Waals surface area contributed by atoms with Crippen molar-refractivity contribution in [2.45, 2.75) is 18.4 Å². The third-order valence-electron chi connectivity index (χ3n) is 5.50. The van der Waals surface area contributed by atoms with Gasteiger partial charge in [0.05, 0.1) is 48.3 Å². The standard InChI is InChI=1S/C22H15F4N3O5/c1-34-15-5-3-11(19(23)20(15)24)22(25,26)29-12-4-2-10(6-16(32)33)21(28-9-30)18(12)17-13(29)7-27-8-14(17)31/h2-5,7-9,17H,6H2,1H3,(H,28,30)(H,32,33). The maximum Gasteiger partial charge on any atom is 0.359 e. The molecule has 2 aromatic rings. The van der Waals surface area contributed by atoms with E-state index in [9.17, 15) is 28.3 Å². The summed E-state index contributed by atoms with van der Waals surface area (Å²) in [4.78, 5) is 39.2. The molecule has 2 heterocycles. The van der Waals surface area contributed by atoms with Crippen LogP contribution in [-0.2, 0) is 26.9 Å². The van der Waals surface area contributed by atoms with Gasteiger partial charge >= 0.3 is 12.0 Å². The van der Waals surface area contributed by atoms with E-state index < -0.39 is 53.1 Å². The molecule has 0 bridgehead atoms. The van der Waals surface area contributed by atoms with E-state index >= 15 is 8.78 Å². The van der Waals surface area contributed by atoms with Gasteiger partial charge in [0, 0.05) is 11.8 Å². The number of anilines is 2. The van der Waals surface area contributed by atoms with Gasteiger partial charge in [-0.1, -0.05) is 6.07 Å². The molecule has 34 heavy (non-hydrogen) atoms. The number of nitrogens with zero attached hydrogens (tertiary/aromatic N) is 2. The number of carbonyl (C=O) groups excluding carboxylic acids is 2. The summed E-state index contributed by atoms with van der Waals surface area (Å²) in [5.41, 5.74) is -2.20. The van der Waals surface area contributed by atoms with Crippen LogP contribution >= 0.6 is 0 Å². The number of allylic oxidation sites excluding steroid dienone is 1. The first-order chi connectivity index (χ1) is 16.1. The number of methoxy groups -OCH3 is 1. The topological polar surface area (TPSA) is 108 Å². The number of carbonyl (C=O) groups is 3. The highest BCUT2D eigenvalue weighted by molar-refractivity contribution is 6.33. The first-order valence-electron chi connectivity index (χ1n) is 9.68. The van der Waals surface area contributed by atoms with Gasteiger partial charge in [0.1, 0.15) is 0 Å². The fourth-order valence-corrected chi connectivity index (χ4v) is 4.13. The normalized spacial score (nSPS) is 16.6. The van der Waals surface area contributed by atoms with E-state index in [1.807, 2.05) is 0 Å². The van der Waals surface area contributed by atoms with Crippen molar-refractivity contribution in [2.24, 2.45) is 4.99 Å². The van der Waals surface area contributed by atoms with Crippen LogP contribution in [-0.4, -0.2) is 36.6 Å². The number of alkyl halides is 2. The van der Waals surface area contributed by atoms with Gasteiger partial charge < -0.3 is 15.2 Å². The van der Waals surface area contributed by atoms with Gasteiger partial charge in [-0.15, -0.1) is 0 Å². The molecule has 1 amide bonds. The van der Waals surface area contributed by atoms with Crippen molar-refractivity contribution >= 4 is 35.8 Å². The zero-order valence-corrected chi connectivity index (χ0v) is 17.3. The molecule has 1 atom stereocenters. The maximum atomic E-state index is 15.8. The van der Waals surface area contributed by atoms with Crippen LogP contribution in [0.1, 0.15) is 22.6 Å². The van der Waals surface area contributed by atoms with Gasteiger partial charge in [-0.3, -0.25) is 24.3 Å². The lowest BCUT2D eigenvalue weighted by atomic mass is 9.90. The number of nitrogens with one attached hydrogen (secondary N) is 1. The number of fused-ring (bicyclic) bond motifs is 3. The third-order valence-corrected chi connectivity index (χ3v) is 5.50. The van der Waals surface area contributed by atoms with Gasteiger partial charge in [-0.25, -0.2) is 4.39 Å². The summed E-state index contributed by atoms with van der Waals surface area (Å²) in [5.74, 6) is -7.43.